The molecule has 88 valence electrons. The molecule has 0 saturated heterocycles. The van der Waals surface area contributed by atoms with Crippen LogP contribution in [0, 0.1) is 0 Å². The number of benzene rings is 1. The van der Waals surface area contributed by atoms with Crippen LogP contribution in [0.5, 0.6) is 0 Å². The Morgan fingerprint density at radius 3 is 2.71 bits per heavy atom. The summed E-state index contributed by atoms with van der Waals surface area (Å²) in [5, 5.41) is 0.636. The van der Waals surface area contributed by atoms with Gasteiger partial charge in [-0.15, -0.1) is 0 Å². The monoisotopic (exact) mass is 248 g/mol. The molecule has 1 aromatic carbocycles. The second kappa shape index (κ2) is 5.15. The van der Waals surface area contributed by atoms with Gasteiger partial charge in [-0.05, 0) is 31.2 Å². The summed E-state index contributed by atoms with van der Waals surface area (Å²) in [6.45, 7) is 2.85. The minimum atomic E-state index is 0.0579. The summed E-state index contributed by atoms with van der Waals surface area (Å²) in [4.78, 5) is 16.2. The fourth-order valence-electron chi connectivity index (χ4n) is 1.68. The highest BCUT2D eigenvalue weighted by Gasteiger charge is 2.10. The van der Waals surface area contributed by atoms with E-state index >= 15 is 0 Å². The molecule has 0 radical (unpaired) electrons. The quantitative estimate of drug-likeness (QED) is 0.780. The van der Waals surface area contributed by atoms with E-state index in [1.165, 1.54) is 0 Å². The van der Waals surface area contributed by atoms with Crippen molar-refractivity contribution in [3.63, 3.8) is 0 Å². The molecule has 0 fully saturated rings. The summed E-state index contributed by atoms with van der Waals surface area (Å²) in [5.74, 6) is 0.856. The number of carbonyl (C=O) groups excluding carboxylic acids is 1. The third kappa shape index (κ3) is 2.74. The first-order valence-electron chi connectivity index (χ1n) is 5.49. The molecule has 0 aliphatic carbocycles. The largest absolute Gasteiger partial charge is 0.335 e. The van der Waals surface area contributed by atoms with Crippen LogP contribution in [0.4, 0.5) is 0 Å². The van der Waals surface area contributed by atoms with Crippen LogP contribution in [0.25, 0.3) is 0 Å². The third-order valence-electron chi connectivity index (χ3n) is 2.63. The number of imidazole rings is 1. The van der Waals surface area contributed by atoms with Gasteiger partial charge in [0.2, 0.25) is 0 Å². The van der Waals surface area contributed by atoms with Crippen molar-refractivity contribution in [2.45, 2.75) is 19.9 Å². The molecule has 1 heterocycles. The van der Waals surface area contributed by atoms with Crippen molar-refractivity contribution in [3.8, 4) is 0 Å². The number of Topliss-reactive ketones (excluding diaryl/α,β-unsaturated/α-hetero) is 1. The van der Waals surface area contributed by atoms with Gasteiger partial charge in [0.15, 0.2) is 5.78 Å². The highest BCUT2D eigenvalue weighted by Crippen LogP contribution is 2.12. The van der Waals surface area contributed by atoms with E-state index in [0.717, 1.165) is 12.4 Å². The summed E-state index contributed by atoms with van der Waals surface area (Å²) >= 11 is 5.78. The molecule has 17 heavy (non-hydrogen) atoms. The van der Waals surface area contributed by atoms with Gasteiger partial charge in [0.25, 0.3) is 0 Å². The van der Waals surface area contributed by atoms with Gasteiger partial charge in [-0.25, -0.2) is 4.98 Å². The van der Waals surface area contributed by atoms with Gasteiger partial charge >= 0.3 is 0 Å². The lowest BCUT2D eigenvalue weighted by molar-refractivity contribution is 0.0990. The number of nitrogens with zero attached hydrogens (tertiary/aromatic N) is 2. The van der Waals surface area contributed by atoms with Crippen LogP contribution in [0.3, 0.4) is 0 Å². The minimum absolute atomic E-state index is 0.0579. The number of hydrogen-bond donors (Lipinski definition) is 0. The molecule has 0 saturated carbocycles. The predicted molar refractivity (Wildman–Crippen MR) is 67.4 cm³/mol. The van der Waals surface area contributed by atoms with Crippen LogP contribution >= 0.6 is 11.6 Å². The van der Waals surface area contributed by atoms with Crippen LogP contribution in [0.2, 0.25) is 5.02 Å². The van der Waals surface area contributed by atoms with E-state index in [9.17, 15) is 4.79 Å². The molecule has 0 bridgehead atoms. The number of aromatic nitrogens is 2. The van der Waals surface area contributed by atoms with Gasteiger partial charge < -0.3 is 4.57 Å². The van der Waals surface area contributed by atoms with Crippen LogP contribution in [0.1, 0.15) is 23.1 Å². The Morgan fingerprint density at radius 1 is 1.35 bits per heavy atom. The highest BCUT2D eigenvalue weighted by atomic mass is 35.5. The molecule has 0 aliphatic rings. The summed E-state index contributed by atoms with van der Waals surface area (Å²) in [6.07, 6.45) is 3.92. The smallest absolute Gasteiger partial charge is 0.170 e. The lowest BCUT2D eigenvalue weighted by Gasteiger charge is -2.04. The average molecular weight is 249 g/mol. The fraction of sp³-hybridized carbons (Fsp3) is 0.231. The minimum Gasteiger partial charge on any atom is -0.335 e. The maximum absolute atomic E-state index is 12.0. The summed E-state index contributed by atoms with van der Waals surface area (Å²) in [6, 6.07) is 6.93. The molecule has 2 aromatic rings. The number of aryl methyl sites for hydroxylation is 1. The summed E-state index contributed by atoms with van der Waals surface area (Å²) < 4.78 is 1.97. The molecule has 0 amide bonds. The molecule has 3 nitrogen and oxygen atoms in total. The first-order chi connectivity index (χ1) is 8.20. The number of ketones is 1. The van der Waals surface area contributed by atoms with Crippen molar-refractivity contribution < 1.29 is 4.79 Å². The Hall–Kier alpha value is -1.61. The van der Waals surface area contributed by atoms with Crippen LogP contribution in [0.15, 0.2) is 36.7 Å². The van der Waals surface area contributed by atoms with Crippen LogP contribution in [-0.2, 0) is 13.0 Å². The lowest BCUT2D eigenvalue weighted by atomic mass is 10.1. The molecule has 0 spiro atoms. The molecule has 0 aliphatic heterocycles. The number of halogens is 1. The lowest BCUT2D eigenvalue weighted by Crippen LogP contribution is -2.09. The van der Waals surface area contributed by atoms with Crippen molar-refractivity contribution in [1.82, 2.24) is 9.55 Å². The van der Waals surface area contributed by atoms with Crippen molar-refractivity contribution in [1.29, 1.82) is 0 Å². The number of carbonyl (C=O) groups is 1. The average Bonchev–Trinajstić information content (AvgIpc) is 2.77. The molecule has 4 heteroatoms. The Kier molecular flexibility index (Phi) is 3.59. The highest BCUT2D eigenvalue weighted by molar-refractivity contribution is 6.30. The van der Waals surface area contributed by atoms with E-state index in [2.05, 4.69) is 4.98 Å². The Bertz CT molecular complexity index is 516. The topological polar surface area (TPSA) is 34.9 Å². The second-order valence-electron chi connectivity index (χ2n) is 3.74. The predicted octanol–water partition coefficient (Wildman–Crippen LogP) is 2.98. The van der Waals surface area contributed by atoms with Crippen LogP contribution in [-0.4, -0.2) is 15.3 Å². The number of rotatable bonds is 4. The van der Waals surface area contributed by atoms with Crippen molar-refractivity contribution in [3.05, 3.63) is 53.1 Å². The van der Waals surface area contributed by atoms with E-state index in [1.807, 2.05) is 17.7 Å². The van der Waals surface area contributed by atoms with Gasteiger partial charge in [-0.2, -0.15) is 0 Å². The van der Waals surface area contributed by atoms with Crippen molar-refractivity contribution in [2.24, 2.45) is 0 Å². The maximum Gasteiger partial charge on any atom is 0.170 e. The first kappa shape index (κ1) is 11.9. The van der Waals surface area contributed by atoms with Gasteiger partial charge in [-0.3, -0.25) is 4.79 Å². The van der Waals surface area contributed by atoms with E-state index < -0.39 is 0 Å². The van der Waals surface area contributed by atoms with Gasteiger partial charge in [0.05, 0.1) is 6.42 Å². The van der Waals surface area contributed by atoms with Crippen molar-refractivity contribution >= 4 is 17.4 Å². The van der Waals surface area contributed by atoms with Gasteiger partial charge in [0.1, 0.15) is 5.82 Å². The molecule has 2 rings (SSSR count). The van der Waals surface area contributed by atoms with E-state index in [0.29, 0.717) is 17.0 Å². The summed E-state index contributed by atoms with van der Waals surface area (Å²) in [7, 11) is 0. The van der Waals surface area contributed by atoms with Crippen molar-refractivity contribution in [2.75, 3.05) is 0 Å². The first-order valence-corrected chi connectivity index (χ1v) is 5.87. The molecular formula is C13H13ClN2O. The third-order valence-corrected chi connectivity index (χ3v) is 2.88. The van der Waals surface area contributed by atoms with Gasteiger partial charge in [0, 0.05) is 29.5 Å². The molecule has 0 unspecified atom stereocenters. The Morgan fingerprint density at radius 2 is 2.06 bits per heavy atom. The maximum atomic E-state index is 12.0. The molecule has 1 aromatic heterocycles. The summed E-state index contributed by atoms with van der Waals surface area (Å²) in [5.41, 5.74) is 0.667. The van der Waals surface area contributed by atoms with E-state index in [4.69, 9.17) is 11.6 Å². The zero-order valence-corrected chi connectivity index (χ0v) is 10.3. The molecule has 0 N–H and O–H groups in total. The van der Waals surface area contributed by atoms with E-state index in [1.54, 1.807) is 30.5 Å². The Balaban J connectivity index is 2.14. The van der Waals surface area contributed by atoms with Crippen LogP contribution < -0.4 is 0 Å². The standard InChI is InChI=1S/C13H13ClN2O/c1-2-16-8-7-15-13(16)9-12(17)10-3-5-11(14)6-4-10/h3-8H,2,9H2,1H3. The molecule has 0 atom stereocenters. The zero-order chi connectivity index (χ0) is 12.3. The Labute approximate surface area is 105 Å². The molecular weight excluding hydrogens is 236 g/mol. The van der Waals surface area contributed by atoms with Gasteiger partial charge in [-0.1, -0.05) is 11.6 Å². The fourth-order valence-corrected chi connectivity index (χ4v) is 1.80. The number of hydrogen-bond acceptors (Lipinski definition) is 2. The zero-order valence-electron chi connectivity index (χ0n) is 9.56. The second-order valence-corrected chi connectivity index (χ2v) is 4.17. The van der Waals surface area contributed by atoms with E-state index in [-0.39, 0.29) is 5.78 Å². The normalized spacial score (nSPS) is 10.5. The SMILES string of the molecule is CCn1ccnc1CC(=O)c1ccc(Cl)cc1.